The molecule has 0 saturated heterocycles. The molecule has 5 nitrogen and oxygen atoms in total. The lowest BCUT2D eigenvalue weighted by Crippen LogP contribution is -2.12. The van der Waals surface area contributed by atoms with Gasteiger partial charge in [0.1, 0.15) is 11.3 Å². The van der Waals surface area contributed by atoms with Gasteiger partial charge < -0.3 is 14.5 Å². The predicted octanol–water partition coefficient (Wildman–Crippen LogP) is 6.00. The van der Waals surface area contributed by atoms with Crippen molar-refractivity contribution in [2.45, 2.75) is 6.92 Å². The largest absolute Gasteiger partial charge is 0.497 e. The average molecular weight is 464 g/mol. The van der Waals surface area contributed by atoms with E-state index >= 15 is 0 Å². The molecule has 0 unspecified atom stereocenters. The van der Waals surface area contributed by atoms with Crippen molar-refractivity contribution in [2.24, 2.45) is 0 Å². The van der Waals surface area contributed by atoms with Crippen LogP contribution >= 0.6 is 15.9 Å². The van der Waals surface area contributed by atoms with E-state index in [2.05, 4.69) is 21.2 Å². The molecular weight excluding hydrogens is 446 g/mol. The molecule has 6 heteroatoms. The van der Waals surface area contributed by atoms with E-state index < -0.39 is 0 Å². The van der Waals surface area contributed by atoms with Crippen LogP contribution in [0.1, 0.15) is 32.0 Å². The van der Waals surface area contributed by atoms with Gasteiger partial charge in [-0.3, -0.25) is 9.59 Å². The molecule has 1 aromatic heterocycles. The highest BCUT2D eigenvalue weighted by atomic mass is 79.9. The second-order valence-corrected chi connectivity index (χ2v) is 7.62. The summed E-state index contributed by atoms with van der Waals surface area (Å²) in [4.78, 5) is 25.5. The number of halogens is 1. The third-order valence-corrected chi connectivity index (χ3v) is 5.54. The number of carbonyl (C=O) groups excluding carboxylic acids is 2. The maximum absolute atomic E-state index is 13.0. The molecule has 1 amide bonds. The van der Waals surface area contributed by atoms with Crippen LogP contribution in [0.5, 0.6) is 5.75 Å². The van der Waals surface area contributed by atoms with Gasteiger partial charge in [-0.1, -0.05) is 24.3 Å². The second-order valence-electron chi connectivity index (χ2n) is 6.76. The third-order valence-electron chi connectivity index (χ3n) is 4.85. The third kappa shape index (κ3) is 3.74. The number of fused-ring (bicyclic) bond motifs is 1. The zero-order valence-corrected chi connectivity index (χ0v) is 17.9. The molecule has 0 spiro atoms. The van der Waals surface area contributed by atoms with Crippen LogP contribution in [0.2, 0.25) is 0 Å². The summed E-state index contributed by atoms with van der Waals surface area (Å²) in [6.07, 6.45) is 0. The molecule has 1 N–H and O–H groups in total. The fourth-order valence-electron chi connectivity index (χ4n) is 3.26. The number of methoxy groups -OCH3 is 1. The zero-order chi connectivity index (χ0) is 21.3. The van der Waals surface area contributed by atoms with E-state index in [1.54, 1.807) is 55.6 Å². The van der Waals surface area contributed by atoms with E-state index in [0.29, 0.717) is 32.6 Å². The minimum atomic E-state index is -0.238. The lowest BCUT2D eigenvalue weighted by atomic mass is 10.0. The van der Waals surface area contributed by atoms with Gasteiger partial charge in [-0.15, -0.1) is 0 Å². The van der Waals surface area contributed by atoms with Crippen LogP contribution in [-0.2, 0) is 0 Å². The van der Waals surface area contributed by atoms with Gasteiger partial charge in [-0.05, 0) is 59.3 Å². The van der Waals surface area contributed by atoms with Gasteiger partial charge in [-0.25, -0.2) is 0 Å². The Hall–Kier alpha value is -3.38. The SMILES string of the molecule is COc1cccc(C(=O)c2oc3cc(NC(=O)c4ccccc4Br)ccc3c2C)c1. The van der Waals surface area contributed by atoms with E-state index in [1.807, 2.05) is 25.1 Å². The number of furan rings is 1. The predicted molar refractivity (Wildman–Crippen MR) is 119 cm³/mol. The van der Waals surface area contributed by atoms with Gasteiger partial charge in [0.15, 0.2) is 5.76 Å². The minimum Gasteiger partial charge on any atom is -0.497 e. The van der Waals surface area contributed by atoms with Crippen LogP contribution in [-0.4, -0.2) is 18.8 Å². The molecule has 4 rings (SSSR count). The van der Waals surface area contributed by atoms with Gasteiger partial charge in [0.25, 0.3) is 5.91 Å². The smallest absolute Gasteiger partial charge is 0.256 e. The number of nitrogens with one attached hydrogen (secondary N) is 1. The molecule has 150 valence electrons. The molecule has 0 aliphatic carbocycles. The summed E-state index contributed by atoms with van der Waals surface area (Å²) in [6, 6.07) is 19.5. The van der Waals surface area contributed by atoms with E-state index in [4.69, 9.17) is 9.15 Å². The number of amides is 1. The van der Waals surface area contributed by atoms with Gasteiger partial charge in [0, 0.05) is 32.7 Å². The molecule has 0 fully saturated rings. The number of rotatable bonds is 5. The van der Waals surface area contributed by atoms with Crippen molar-refractivity contribution in [3.05, 3.63) is 93.7 Å². The van der Waals surface area contributed by atoms with Gasteiger partial charge in [0.05, 0.1) is 12.7 Å². The summed E-state index contributed by atoms with van der Waals surface area (Å²) >= 11 is 3.39. The average Bonchev–Trinajstić information content (AvgIpc) is 3.09. The summed E-state index contributed by atoms with van der Waals surface area (Å²) in [5, 5.41) is 3.69. The highest BCUT2D eigenvalue weighted by Crippen LogP contribution is 2.30. The summed E-state index contributed by atoms with van der Waals surface area (Å²) in [6.45, 7) is 1.85. The van der Waals surface area contributed by atoms with E-state index in [1.165, 1.54) is 0 Å². The maximum Gasteiger partial charge on any atom is 0.256 e. The standard InChI is InChI=1S/C24H18BrNO4/c1-14-18-11-10-16(26-24(28)19-8-3-4-9-20(19)25)13-21(18)30-23(14)22(27)15-6-5-7-17(12-15)29-2/h3-13H,1-2H3,(H,26,28). The van der Waals surface area contributed by atoms with Gasteiger partial charge in [0.2, 0.25) is 5.78 Å². The summed E-state index contributed by atoms with van der Waals surface area (Å²) in [5.74, 6) is 0.415. The van der Waals surface area contributed by atoms with E-state index in [9.17, 15) is 9.59 Å². The van der Waals surface area contributed by atoms with Crippen LogP contribution in [0.3, 0.4) is 0 Å². The number of anilines is 1. The van der Waals surface area contributed by atoms with Crippen molar-refractivity contribution >= 4 is 44.3 Å². The number of benzene rings is 3. The lowest BCUT2D eigenvalue weighted by molar-refractivity contribution is 0.101. The Labute approximate surface area is 181 Å². The van der Waals surface area contributed by atoms with E-state index in [-0.39, 0.29) is 17.5 Å². The van der Waals surface area contributed by atoms with Crippen LogP contribution in [0.25, 0.3) is 11.0 Å². The first-order valence-corrected chi connectivity index (χ1v) is 10.0. The number of aryl methyl sites for hydroxylation is 1. The van der Waals surface area contributed by atoms with Crippen molar-refractivity contribution < 1.29 is 18.7 Å². The molecule has 0 radical (unpaired) electrons. The first-order chi connectivity index (χ1) is 14.5. The van der Waals surface area contributed by atoms with Gasteiger partial charge in [-0.2, -0.15) is 0 Å². The highest BCUT2D eigenvalue weighted by molar-refractivity contribution is 9.10. The fourth-order valence-corrected chi connectivity index (χ4v) is 3.72. The molecule has 0 atom stereocenters. The Morgan fingerprint density at radius 3 is 2.57 bits per heavy atom. The zero-order valence-electron chi connectivity index (χ0n) is 16.4. The topological polar surface area (TPSA) is 68.5 Å². The Morgan fingerprint density at radius 1 is 1.00 bits per heavy atom. The molecule has 0 saturated carbocycles. The normalized spacial score (nSPS) is 10.8. The summed E-state index contributed by atoms with van der Waals surface area (Å²) in [5.41, 5.74) is 2.88. The van der Waals surface area contributed by atoms with Crippen LogP contribution in [0.15, 0.2) is 75.6 Å². The summed E-state index contributed by atoms with van der Waals surface area (Å²) in [7, 11) is 1.56. The Morgan fingerprint density at radius 2 is 1.80 bits per heavy atom. The quantitative estimate of drug-likeness (QED) is 0.368. The monoisotopic (exact) mass is 463 g/mol. The lowest BCUT2D eigenvalue weighted by Gasteiger charge is -2.06. The Bertz CT molecular complexity index is 1280. The van der Waals surface area contributed by atoms with Crippen molar-refractivity contribution in [2.75, 3.05) is 12.4 Å². The molecular formula is C24H18BrNO4. The number of ether oxygens (including phenoxy) is 1. The van der Waals surface area contributed by atoms with E-state index in [0.717, 1.165) is 10.9 Å². The van der Waals surface area contributed by atoms with Gasteiger partial charge >= 0.3 is 0 Å². The van der Waals surface area contributed by atoms with Crippen molar-refractivity contribution in [1.29, 1.82) is 0 Å². The maximum atomic E-state index is 13.0. The number of carbonyl (C=O) groups is 2. The number of ketones is 1. The molecule has 1 heterocycles. The Kier molecular flexibility index (Phi) is 5.42. The fraction of sp³-hybridized carbons (Fsp3) is 0.0833. The van der Waals surface area contributed by atoms with Crippen LogP contribution < -0.4 is 10.1 Å². The number of hydrogen-bond acceptors (Lipinski definition) is 4. The van der Waals surface area contributed by atoms with Crippen molar-refractivity contribution in [3.8, 4) is 5.75 Å². The molecule has 4 aromatic rings. The molecule has 3 aromatic carbocycles. The molecule has 30 heavy (non-hydrogen) atoms. The first kappa shape index (κ1) is 19.9. The Balaban J connectivity index is 1.65. The van der Waals surface area contributed by atoms with Crippen LogP contribution in [0.4, 0.5) is 5.69 Å². The van der Waals surface area contributed by atoms with Crippen LogP contribution in [0, 0.1) is 6.92 Å². The minimum absolute atomic E-state index is 0.221. The summed E-state index contributed by atoms with van der Waals surface area (Å²) < 4.78 is 11.8. The molecule has 0 aliphatic heterocycles. The molecule has 0 bridgehead atoms. The van der Waals surface area contributed by atoms with Crippen molar-refractivity contribution in [1.82, 2.24) is 0 Å². The second kappa shape index (κ2) is 8.16. The first-order valence-electron chi connectivity index (χ1n) is 9.25. The molecule has 0 aliphatic rings. The number of hydrogen-bond donors (Lipinski definition) is 1. The van der Waals surface area contributed by atoms with Crippen molar-refractivity contribution in [3.63, 3.8) is 0 Å². The highest BCUT2D eigenvalue weighted by Gasteiger charge is 2.20.